The summed E-state index contributed by atoms with van der Waals surface area (Å²) in [7, 11) is -0.139. The fourth-order valence-corrected chi connectivity index (χ4v) is 2.99. The second-order valence-corrected chi connectivity index (χ2v) is 7.28. The molecule has 0 aliphatic carbocycles. The van der Waals surface area contributed by atoms with Gasteiger partial charge in [0.2, 0.25) is 0 Å². The van der Waals surface area contributed by atoms with Crippen molar-refractivity contribution in [1.29, 1.82) is 0 Å². The Morgan fingerprint density at radius 3 is 2.23 bits per heavy atom. The van der Waals surface area contributed by atoms with Crippen LogP contribution in [0.4, 0.5) is 0 Å². The average Bonchev–Trinajstić information content (AvgIpc) is 2.63. The van der Waals surface area contributed by atoms with Gasteiger partial charge in [0.1, 0.15) is 0 Å². The van der Waals surface area contributed by atoms with Crippen LogP contribution in [0.3, 0.4) is 0 Å². The monoisotopic (exact) mass is 300 g/mol. The third-order valence-corrected chi connectivity index (χ3v) is 5.06. The zero-order chi connectivity index (χ0) is 16.4. The molecule has 0 amide bonds. The lowest BCUT2D eigenvalue weighted by Gasteiger charge is -2.32. The number of benzene rings is 1. The van der Waals surface area contributed by atoms with Crippen LogP contribution in [0.5, 0.6) is 0 Å². The van der Waals surface area contributed by atoms with E-state index in [0.29, 0.717) is 5.92 Å². The van der Waals surface area contributed by atoms with Crippen molar-refractivity contribution in [3.05, 3.63) is 47.5 Å². The first-order chi connectivity index (χ1) is 10.3. The summed E-state index contributed by atoms with van der Waals surface area (Å²) in [6.07, 6.45) is 6.27. The quantitative estimate of drug-likeness (QED) is 0.554. The molecule has 0 spiro atoms. The number of hydrogen-bond donors (Lipinski definition) is 0. The van der Waals surface area contributed by atoms with Gasteiger partial charge in [-0.1, -0.05) is 36.4 Å². The molecule has 0 unspecified atom stereocenters. The van der Waals surface area contributed by atoms with Crippen molar-refractivity contribution in [2.75, 3.05) is 0 Å². The molecule has 3 heteroatoms. The van der Waals surface area contributed by atoms with Crippen molar-refractivity contribution >= 4 is 7.12 Å². The summed E-state index contributed by atoms with van der Waals surface area (Å²) >= 11 is 0. The van der Waals surface area contributed by atoms with E-state index in [1.54, 1.807) is 0 Å². The maximum absolute atomic E-state index is 6.19. The zero-order valence-corrected chi connectivity index (χ0v) is 14.8. The van der Waals surface area contributed by atoms with Gasteiger partial charge in [0.05, 0.1) is 11.2 Å². The largest absolute Gasteiger partial charge is 0.458 e. The maximum Gasteiger partial charge on any atom is 0.458 e. The number of rotatable bonds is 5. The number of aryl methyl sites for hydroxylation is 1. The van der Waals surface area contributed by atoms with Crippen LogP contribution in [0.2, 0.25) is 6.32 Å². The molecular formula is C19H29BO2. The van der Waals surface area contributed by atoms with Crippen molar-refractivity contribution < 1.29 is 9.31 Å². The Morgan fingerprint density at radius 2 is 1.68 bits per heavy atom. The smallest absolute Gasteiger partial charge is 0.403 e. The molecule has 1 aromatic carbocycles. The summed E-state index contributed by atoms with van der Waals surface area (Å²) in [5.74, 6) is 0.423. The molecule has 1 fully saturated rings. The molecule has 1 aliphatic rings. The minimum Gasteiger partial charge on any atom is -0.403 e. The Bertz CT molecular complexity index is 518. The highest BCUT2D eigenvalue weighted by atomic mass is 16.7. The molecule has 120 valence electrons. The fourth-order valence-electron chi connectivity index (χ4n) is 2.99. The molecular weight excluding hydrogens is 271 g/mol. The van der Waals surface area contributed by atoms with E-state index < -0.39 is 0 Å². The second kappa shape index (κ2) is 6.60. The summed E-state index contributed by atoms with van der Waals surface area (Å²) in [6.45, 7) is 12.7. The fraction of sp³-hybridized carbons (Fsp3) is 0.579. The van der Waals surface area contributed by atoms with E-state index in [1.165, 1.54) is 11.1 Å². The molecule has 1 atom stereocenters. The predicted octanol–water partition coefficient (Wildman–Crippen LogP) is 5.14. The molecule has 22 heavy (non-hydrogen) atoms. The van der Waals surface area contributed by atoms with E-state index in [2.05, 4.69) is 78.0 Å². The van der Waals surface area contributed by atoms with Gasteiger partial charge >= 0.3 is 7.12 Å². The molecule has 0 radical (unpaired) electrons. The van der Waals surface area contributed by atoms with Crippen LogP contribution in [-0.2, 0) is 9.31 Å². The summed E-state index contributed by atoms with van der Waals surface area (Å²) in [6, 6.07) is 8.63. The molecule has 1 heterocycles. The van der Waals surface area contributed by atoms with Crippen LogP contribution in [0.1, 0.15) is 58.1 Å². The topological polar surface area (TPSA) is 18.5 Å². The SMILES string of the molecule is C/C=C/C[C@@H](CB1OC(C)(C)C(C)(C)O1)c1ccccc1C. The van der Waals surface area contributed by atoms with E-state index in [9.17, 15) is 0 Å². The summed E-state index contributed by atoms with van der Waals surface area (Å²) in [5.41, 5.74) is 2.23. The van der Waals surface area contributed by atoms with Gasteiger partial charge in [0.25, 0.3) is 0 Å². The Balaban J connectivity index is 2.17. The lowest BCUT2D eigenvalue weighted by molar-refractivity contribution is 0.00578. The predicted molar refractivity (Wildman–Crippen MR) is 94.2 cm³/mol. The minimum atomic E-state index is -0.255. The highest BCUT2D eigenvalue weighted by Crippen LogP contribution is 2.40. The molecule has 1 aromatic rings. The number of allylic oxidation sites excluding steroid dienone is 2. The Kier molecular flexibility index (Phi) is 5.19. The third-order valence-electron chi connectivity index (χ3n) is 5.06. The first-order valence-electron chi connectivity index (χ1n) is 8.29. The molecule has 2 rings (SSSR count). The van der Waals surface area contributed by atoms with Gasteiger partial charge in [-0.3, -0.25) is 0 Å². The van der Waals surface area contributed by atoms with Crippen molar-refractivity contribution in [2.45, 2.75) is 71.4 Å². The van der Waals surface area contributed by atoms with Crippen molar-refractivity contribution in [2.24, 2.45) is 0 Å². The van der Waals surface area contributed by atoms with E-state index in [1.807, 2.05) is 0 Å². The van der Waals surface area contributed by atoms with Gasteiger partial charge < -0.3 is 9.31 Å². The lowest BCUT2D eigenvalue weighted by atomic mass is 9.72. The Morgan fingerprint density at radius 1 is 1.09 bits per heavy atom. The van der Waals surface area contributed by atoms with E-state index >= 15 is 0 Å². The Hall–Kier alpha value is -1.06. The van der Waals surface area contributed by atoms with Gasteiger partial charge in [-0.2, -0.15) is 0 Å². The molecule has 0 aromatic heterocycles. The normalized spacial score (nSPS) is 21.5. The molecule has 1 aliphatic heterocycles. The standard InChI is InChI=1S/C19H29BO2/c1-7-8-12-16(17-13-10-9-11-15(17)2)14-20-21-18(3,4)19(5,6)22-20/h7-11,13,16H,12,14H2,1-6H3/b8-7+/t16-/m0/s1. The van der Waals surface area contributed by atoms with Gasteiger partial charge in [-0.25, -0.2) is 0 Å². The van der Waals surface area contributed by atoms with Crippen LogP contribution < -0.4 is 0 Å². The van der Waals surface area contributed by atoms with Gasteiger partial charge in [-0.05, 0) is 71.3 Å². The first kappa shape index (κ1) is 17.3. The average molecular weight is 300 g/mol. The van der Waals surface area contributed by atoms with Gasteiger partial charge in [0.15, 0.2) is 0 Å². The highest BCUT2D eigenvalue weighted by Gasteiger charge is 2.51. The van der Waals surface area contributed by atoms with Crippen molar-refractivity contribution in [3.8, 4) is 0 Å². The first-order valence-corrected chi connectivity index (χ1v) is 8.29. The summed E-state index contributed by atoms with van der Waals surface area (Å²) in [4.78, 5) is 0. The molecule has 1 saturated heterocycles. The summed E-state index contributed by atoms with van der Waals surface area (Å²) in [5, 5.41) is 0. The van der Waals surface area contributed by atoms with Crippen LogP contribution in [0.25, 0.3) is 0 Å². The van der Waals surface area contributed by atoms with Crippen LogP contribution >= 0.6 is 0 Å². The summed E-state index contributed by atoms with van der Waals surface area (Å²) < 4.78 is 12.4. The lowest BCUT2D eigenvalue weighted by Crippen LogP contribution is -2.41. The Labute approximate surface area is 136 Å². The highest BCUT2D eigenvalue weighted by molar-refractivity contribution is 6.45. The molecule has 0 N–H and O–H groups in total. The molecule has 0 saturated carbocycles. The van der Waals surface area contributed by atoms with Crippen molar-refractivity contribution in [3.63, 3.8) is 0 Å². The third kappa shape index (κ3) is 3.64. The van der Waals surface area contributed by atoms with E-state index in [0.717, 1.165) is 12.7 Å². The molecule has 0 bridgehead atoms. The van der Waals surface area contributed by atoms with E-state index in [4.69, 9.17) is 9.31 Å². The second-order valence-electron chi connectivity index (χ2n) is 7.28. The molecule has 2 nitrogen and oxygen atoms in total. The van der Waals surface area contributed by atoms with Gasteiger partial charge in [-0.15, -0.1) is 0 Å². The van der Waals surface area contributed by atoms with Gasteiger partial charge in [0, 0.05) is 0 Å². The van der Waals surface area contributed by atoms with E-state index in [-0.39, 0.29) is 18.3 Å². The number of hydrogen-bond acceptors (Lipinski definition) is 2. The zero-order valence-electron chi connectivity index (χ0n) is 14.8. The maximum atomic E-state index is 6.19. The minimum absolute atomic E-state index is 0.139. The van der Waals surface area contributed by atoms with Crippen LogP contribution in [0.15, 0.2) is 36.4 Å². The van der Waals surface area contributed by atoms with Crippen LogP contribution in [0, 0.1) is 6.92 Å². The van der Waals surface area contributed by atoms with Crippen LogP contribution in [-0.4, -0.2) is 18.3 Å². The van der Waals surface area contributed by atoms with Crippen molar-refractivity contribution in [1.82, 2.24) is 0 Å².